The Hall–Kier alpha value is -2.36. The van der Waals surface area contributed by atoms with Crippen molar-refractivity contribution in [1.29, 1.82) is 0 Å². The molecule has 1 N–H and O–H groups in total. The molecule has 0 aliphatic heterocycles. The molecule has 0 radical (unpaired) electrons. The molecule has 18 heavy (non-hydrogen) atoms. The molecule has 4 heteroatoms. The third kappa shape index (κ3) is 3.31. The zero-order chi connectivity index (χ0) is 12.8. The van der Waals surface area contributed by atoms with Gasteiger partial charge in [0.2, 0.25) is 5.91 Å². The van der Waals surface area contributed by atoms with Crippen LogP contribution in [0.1, 0.15) is 12.5 Å². The van der Waals surface area contributed by atoms with Crippen molar-refractivity contribution in [2.45, 2.75) is 13.5 Å². The molecule has 4 nitrogen and oxygen atoms in total. The number of hydrogen-bond donors (Lipinski definition) is 1. The highest BCUT2D eigenvalue weighted by Crippen LogP contribution is 2.07. The van der Waals surface area contributed by atoms with Crippen LogP contribution in [0.25, 0.3) is 0 Å². The highest BCUT2D eigenvalue weighted by Gasteiger charge is 2.01. The van der Waals surface area contributed by atoms with Crippen molar-refractivity contribution in [3.63, 3.8) is 0 Å². The number of nitrogens with zero attached hydrogens (tertiary/aromatic N) is 2. The van der Waals surface area contributed by atoms with E-state index in [1.807, 2.05) is 36.5 Å². The quantitative estimate of drug-likeness (QED) is 0.836. The van der Waals surface area contributed by atoms with Crippen molar-refractivity contribution in [3.05, 3.63) is 60.4 Å². The first-order valence-corrected chi connectivity index (χ1v) is 5.78. The van der Waals surface area contributed by atoms with Gasteiger partial charge in [-0.25, -0.2) is 0 Å². The summed E-state index contributed by atoms with van der Waals surface area (Å²) in [5.41, 5.74) is 1.88. The molecule has 0 saturated heterocycles. The maximum Gasteiger partial charge on any atom is 0.248 e. The SMILES string of the molecule is CC=CC(=O)Nc1cnn(Cc2ccccc2)c1. The molecule has 2 aromatic rings. The molecule has 0 atom stereocenters. The average molecular weight is 241 g/mol. The van der Waals surface area contributed by atoms with Gasteiger partial charge in [0, 0.05) is 6.20 Å². The molecule has 0 fully saturated rings. The topological polar surface area (TPSA) is 46.9 Å². The number of allylic oxidation sites excluding steroid dienone is 1. The lowest BCUT2D eigenvalue weighted by Crippen LogP contribution is -2.06. The number of carbonyl (C=O) groups is 1. The Morgan fingerprint density at radius 1 is 1.39 bits per heavy atom. The van der Waals surface area contributed by atoms with Gasteiger partial charge in [-0.1, -0.05) is 36.4 Å². The number of carbonyl (C=O) groups excluding carboxylic acids is 1. The number of amides is 1. The second-order valence-corrected chi connectivity index (χ2v) is 3.90. The first-order chi connectivity index (χ1) is 8.78. The lowest BCUT2D eigenvalue weighted by molar-refractivity contribution is -0.111. The standard InChI is InChI=1S/C14H15N3O/c1-2-6-14(18)16-13-9-15-17(11-13)10-12-7-4-3-5-8-12/h2-9,11H,10H2,1H3,(H,16,18). The van der Waals surface area contributed by atoms with Crippen LogP contribution in [0.15, 0.2) is 54.9 Å². The molecule has 0 aliphatic carbocycles. The summed E-state index contributed by atoms with van der Waals surface area (Å²) >= 11 is 0. The molecule has 0 unspecified atom stereocenters. The fourth-order valence-electron chi connectivity index (χ4n) is 1.62. The van der Waals surface area contributed by atoms with Crippen LogP contribution < -0.4 is 5.32 Å². The second-order valence-electron chi connectivity index (χ2n) is 3.90. The van der Waals surface area contributed by atoms with Gasteiger partial charge in [-0.3, -0.25) is 9.48 Å². The largest absolute Gasteiger partial charge is 0.320 e. The van der Waals surface area contributed by atoms with Gasteiger partial charge in [-0.2, -0.15) is 5.10 Å². The fraction of sp³-hybridized carbons (Fsp3) is 0.143. The van der Waals surface area contributed by atoms with Crippen LogP contribution in [0.4, 0.5) is 5.69 Å². The summed E-state index contributed by atoms with van der Waals surface area (Å²) in [7, 11) is 0. The van der Waals surface area contributed by atoms with Crippen LogP contribution in [0.3, 0.4) is 0 Å². The van der Waals surface area contributed by atoms with Gasteiger partial charge in [0.1, 0.15) is 0 Å². The summed E-state index contributed by atoms with van der Waals surface area (Å²) in [5.74, 6) is -0.142. The Morgan fingerprint density at radius 2 is 2.17 bits per heavy atom. The smallest absolute Gasteiger partial charge is 0.248 e. The minimum atomic E-state index is -0.142. The molecule has 0 saturated carbocycles. The van der Waals surface area contributed by atoms with Gasteiger partial charge in [0.05, 0.1) is 18.4 Å². The molecule has 1 amide bonds. The highest BCUT2D eigenvalue weighted by molar-refractivity contribution is 5.98. The van der Waals surface area contributed by atoms with Gasteiger partial charge in [-0.15, -0.1) is 0 Å². The van der Waals surface area contributed by atoms with E-state index in [-0.39, 0.29) is 5.91 Å². The van der Waals surface area contributed by atoms with E-state index in [1.165, 1.54) is 11.6 Å². The zero-order valence-electron chi connectivity index (χ0n) is 10.2. The lowest BCUT2D eigenvalue weighted by Gasteiger charge is -2.00. The molecule has 1 aromatic heterocycles. The number of benzene rings is 1. The minimum absolute atomic E-state index is 0.142. The summed E-state index contributed by atoms with van der Waals surface area (Å²) in [6.45, 7) is 2.50. The van der Waals surface area contributed by atoms with Crippen LogP contribution in [0, 0.1) is 0 Å². The van der Waals surface area contributed by atoms with Crippen LogP contribution >= 0.6 is 0 Å². The van der Waals surface area contributed by atoms with Gasteiger partial charge >= 0.3 is 0 Å². The fourth-order valence-corrected chi connectivity index (χ4v) is 1.62. The first-order valence-electron chi connectivity index (χ1n) is 5.78. The van der Waals surface area contributed by atoms with Crippen molar-refractivity contribution >= 4 is 11.6 Å². The first kappa shape index (κ1) is 12.1. The van der Waals surface area contributed by atoms with Gasteiger partial charge in [-0.05, 0) is 18.6 Å². The van der Waals surface area contributed by atoms with Crippen molar-refractivity contribution in [2.24, 2.45) is 0 Å². The Bertz CT molecular complexity index is 543. The van der Waals surface area contributed by atoms with Crippen molar-refractivity contribution in [1.82, 2.24) is 9.78 Å². The summed E-state index contributed by atoms with van der Waals surface area (Å²) < 4.78 is 1.79. The molecule has 0 aliphatic rings. The Balaban J connectivity index is 2.00. The van der Waals surface area contributed by atoms with Crippen LogP contribution in [-0.2, 0) is 11.3 Å². The van der Waals surface area contributed by atoms with Gasteiger partial charge < -0.3 is 5.32 Å². The third-order valence-electron chi connectivity index (χ3n) is 2.41. The zero-order valence-corrected chi connectivity index (χ0v) is 10.2. The minimum Gasteiger partial charge on any atom is -0.320 e. The van der Waals surface area contributed by atoms with E-state index in [9.17, 15) is 4.79 Å². The van der Waals surface area contributed by atoms with Crippen LogP contribution in [-0.4, -0.2) is 15.7 Å². The predicted molar refractivity (Wildman–Crippen MR) is 71.2 cm³/mol. The lowest BCUT2D eigenvalue weighted by atomic mass is 10.2. The van der Waals surface area contributed by atoms with Crippen LogP contribution in [0.2, 0.25) is 0 Å². The molecule has 1 aromatic carbocycles. The highest BCUT2D eigenvalue weighted by atomic mass is 16.1. The monoisotopic (exact) mass is 241 g/mol. The Morgan fingerprint density at radius 3 is 2.89 bits per heavy atom. The number of nitrogens with one attached hydrogen (secondary N) is 1. The Labute approximate surface area is 106 Å². The van der Waals surface area contributed by atoms with Crippen molar-refractivity contribution < 1.29 is 4.79 Å². The molecule has 2 rings (SSSR count). The summed E-state index contributed by atoms with van der Waals surface area (Å²) in [4.78, 5) is 11.3. The number of hydrogen-bond acceptors (Lipinski definition) is 2. The van der Waals surface area contributed by atoms with E-state index in [0.29, 0.717) is 12.2 Å². The van der Waals surface area contributed by atoms with E-state index in [1.54, 1.807) is 23.9 Å². The average Bonchev–Trinajstić information content (AvgIpc) is 2.78. The van der Waals surface area contributed by atoms with E-state index < -0.39 is 0 Å². The summed E-state index contributed by atoms with van der Waals surface area (Å²) in [5, 5.41) is 6.94. The van der Waals surface area contributed by atoms with E-state index >= 15 is 0 Å². The predicted octanol–water partition coefficient (Wildman–Crippen LogP) is 2.45. The number of anilines is 1. The van der Waals surface area contributed by atoms with Crippen molar-refractivity contribution in [3.8, 4) is 0 Å². The molecule has 0 bridgehead atoms. The maximum atomic E-state index is 11.3. The normalized spacial score (nSPS) is 10.7. The number of aromatic nitrogens is 2. The summed E-state index contributed by atoms with van der Waals surface area (Å²) in [6, 6.07) is 10.1. The molecule has 92 valence electrons. The molecular formula is C14H15N3O. The molecule has 1 heterocycles. The summed E-state index contributed by atoms with van der Waals surface area (Å²) in [6.07, 6.45) is 6.64. The van der Waals surface area contributed by atoms with E-state index in [2.05, 4.69) is 10.4 Å². The maximum absolute atomic E-state index is 11.3. The van der Waals surface area contributed by atoms with Gasteiger partial charge in [0.15, 0.2) is 0 Å². The van der Waals surface area contributed by atoms with Crippen molar-refractivity contribution in [2.75, 3.05) is 5.32 Å². The van der Waals surface area contributed by atoms with E-state index in [0.717, 1.165) is 0 Å². The molecular weight excluding hydrogens is 226 g/mol. The second kappa shape index (κ2) is 5.82. The third-order valence-corrected chi connectivity index (χ3v) is 2.41. The van der Waals surface area contributed by atoms with E-state index in [4.69, 9.17) is 0 Å². The Kier molecular flexibility index (Phi) is 3.91. The van der Waals surface area contributed by atoms with Crippen LogP contribution in [0.5, 0.6) is 0 Å². The van der Waals surface area contributed by atoms with Gasteiger partial charge in [0.25, 0.3) is 0 Å². The number of rotatable bonds is 4. The molecule has 0 spiro atoms.